The van der Waals surface area contributed by atoms with Gasteiger partial charge in [0.15, 0.2) is 5.96 Å². The average Bonchev–Trinajstić information content (AvgIpc) is 2.60. The molecule has 2 saturated heterocycles. The van der Waals surface area contributed by atoms with E-state index in [-0.39, 0.29) is 29.9 Å². The van der Waals surface area contributed by atoms with Gasteiger partial charge in [-0.15, -0.1) is 24.0 Å². The van der Waals surface area contributed by atoms with Crippen molar-refractivity contribution in [1.29, 1.82) is 0 Å². The van der Waals surface area contributed by atoms with E-state index >= 15 is 0 Å². The van der Waals surface area contributed by atoms with Crippen LogP contribution in [0.5, 0.6) is 0 Å². The van der Waals surface area contributed by atoms with Gasteiger partial charge in [-0.25, -0.2) is 0 Å². The Kier molecular flexibility index (Phi) is 9.11. The van der Waals surface area contributed by atoms with Gasteiger partial charge in [0.1, 0.15) is 0 Å². The van der Waals surface area contributed by atoms with Crippen molar-refractivity contribution >= 4 is 47.4 Å². The summed E-state index contributed by atoms with van der Waals surface area (Å²) in [6.45, 7) is 7.49. The van der Waals surface area contributed by atoms with Gasteiger partial charge >= 0.3 is 0 Å². The Morgan fingerprint density at radius 3 is 2.44 bits per heavy atom. The molecule has 0 bridgehead atoms. The maximum atomic E-state index is 12.5. The maximum Gasteiger partial charge on any atom is 0.227 e. The fourth-order valence-electron chi connectivity index (χ4n) is 3.36. The standard InChI is InChI=1S/C19H28ClN5O.HI/c1-21-19(22-6-9-23-7-3-8-23)25-12-10-24(11-13-25)18(26)15-16-4-2-5-17(20)14-16;/h2,4-5,14H,3,6-13,15H2,1H3,(H,21,22);1H. The quantitative estimate of drug-likeness (QED) is 0.377. The lowest BCUT2D eigenvalue weighted by atomic mass is 10.1. The van der Waals surface area contributed by atoms with Gasteiger partial charge in [0, 0.05) is 51.3 Å². The van der Waals surface area contributed by atoms with Crippen molar-refractivity contribution in [3.05, 3.63) is 34.9 Å². The van der Waals surface area contributed by atoms with Crippen molar-refractivity contribution < 1.29 is 4.79 Å². The summed E-state index contributed by atoms with van der Waals surface area (Å²) in [6.07, 6.45) is 1.73. The molecule has 2 fully saturated rings. The first-order valence-electron chi connectivity index (χ1n) is 9.36. The molecule has 27 heavy (non-hydrogen) atoms. The van der Waals surface area contributed by atoms with Crippen LogP contribution in [0.4, 0.5) is 0 Å². The lowest BCUT2D eigenvalue weighted by molar-refractivity contribution is -0.131. The number of guanidine groups is 1. The van der Waals surface area contributed by atoms with Crippen molar-refractivity contribution in [2.45, 2.75) is 12.8 Å². The summed E-state index contributed by atoms with van der Waals surface area (Å²) < 4.78 is 0. The van der Waals surface area contributed by atoms with E-state index in [2.05, 4.69) is 20.1 Å². The molecule has 0 spiro atoms. The zero-order valence-corrected chi connectivity index (χ0v) is 19.0. The minimum absolute atomic E-state index is 0. The summed E-state index contributed by atoms with van der Waals surface area (Å²) >= 11 is 6.00. The van der Waals surface area contributed by atoms with Crippen LogP contribution in [0, 0.1) is 0 Å². The van der Waals surface area contributed by atoms with E-state index in [1.165, 1.54) is 19.5 Å². The molecular weight excluding hydrogens is 477 g/mol. The number of benzene rings is 1. The first-order valence-corrected chi connectivity index (χ1v) is 9.73. The SMILES string of the molecule is CN=C(NCCN1CCC1)N1CCN(C(=O)Cc2cccc(Cl)c2)CC1.I. The monoisotopic (exact) mass is 505 g/mol. The lowest BCUT2D eigenvalue weighted by Crippen LogP contribution is -2.54. The van der Waals surface area contributed by atoms with Crippen molar-refractivity contribution in [2.75, 3.05) is 59.4 Å². The molecule has 1 aromatic rings. The normalized spacial score (nSPS) is 17.9. The number of rotatable bonds is 5. The molecule has 0 aromatic heterocycles. The number of likely N-dealkylation sites (tertiary alicyclic amines) is 1. The Morgan fingerprint density at radius 1 is 1.15 bits per heavy atom. The number of halogens is 2. The number of aliphatic imine (C=N–C) groups is 1. The number of nitrogens with zero attached hydrogens (tertiary/aromatic N) is 4. The molecule has 2 heterocycles. The van der Waals surface area contributed by atoms with Gasteiger partial charge in [0.2, 0.25) is 5.91 Å². The van der Waals surface area contributed by atoms with Crippen LogP contribution in [-0.2, 0) is 11.2 Å². The number of piperazine rings is 1. The Balaban J connectivity index is 0.00000261. The van der Waals surface area contributed by atoms with Crippen LogP contribution in [0.25, 0.3) is 0 Å². The van der Waals surface area contributed by atoms with Crippen molar-refractivity contribution in [3.8, 4) is 0 Å². The summed E-state index contributed by atoms with van der Waals surface area (Å²) in [7, 11) is 1.82. The first-order chi connectivity index (χ1) is 12.7. The largest absolute Gasteiger partial charge is 0.355 e. The highest BCUT2D eigenvalue weighted by molar-refractivity contribution is 14.0. The number of hydrogen-bond donors (Lipinski definition) is 1. The predicted molar refractivity (Wildman–Crippen MR) is 121 cm³/mol. The maximum absolute atomic E-state index is 12.5. The van der Waals surface area contributed by atoms with Gasteiger partial charge in [-0.2, -0.15) is 0 Å². The molecular formula is C19H29ClIN5O. The summed E-state index contributed by atoms with van der Waals surface area (Å²) in [4.78, 5) is 23.5. The third-order valence-corrected chi connectivity index (χ3v) is 5.28. The van der Waals surface area contributed by atoms with Crippen molar-refractivity contribution in [3.63, 3.8) is 0 Å². The van der Waals surface area contributed by atoms with E-state index in [9.17, 15) is 4.79 Å². The number of carbonyl (C=O) groups excluding carboxylic acids is 1. The van der Waals surface area contributed by atoms with Gasteiger partial charge < -0.3 is 20.0 Å². The molecule has 1 amide bonds. The van der Waals surface area contributed by atoms with Crippen molar-refractivity contribution in [1.82, 2.24) is 20.0 Å². The van der Waals surface area contributed by atoms with E-state index in [4.69, 9.17) is 11.6 Å². The second-order valence-corrected chi connectivity index (χ2v) is 7.28. The number of hydrogen-bond acceptors (Lipinski definition) is 3. The second kappa shape index (κ2) is 11.1. The molecule has 3 rings (SSSR count). The Labute approximate surface area is 183 Å². The molecule has 1 N–H and O–H groups in total. The number of nitrogens with one attached hydrogen (secondary N) is 1. The van der Waals surface area contributed by atoms with Gasteiger partial charge in [0.05, 0.1) is 6.42 Å². The van der Waals surface area contributed by atoms with Crippen LogP contribution in [0.15, 0.2) is 29.3 Å². The highest BCUT2D eigenvalue weighted by atomic mass is 127. The van der Waals surface area contributed by atoms with Crippen molar-refractivity contribution in [2.24, 2.45) is 4.99 Å². The minimum Gasteiger partial charge on any atom is -0.355 e. The number of amides is 1. The molecule has 8 heteroatoms. The fraction of sp³-hybridized carbons (Fsp3) is 0.579. The minimum atomic E-state index is 0. The van der Waals surface area contributed by atoms with E-state index in [1.54, 1.807) is 0 Å². The van der Waals surface area contributed by atoms with Crippen LogP contribution in [0.1, 0.15) is 12.0 Å². The van der Waals surface area contributed by atoms with E-state index in [1.807, 2.05) is 36.2 Å². The molecule has 2 aliphatic heterocycles. The molecule has 0 saturated carbocycles. The topological polar surface area (TPSA) is 51.2 Å². The molecule has 150 valence electrons. The first kappa shape index (κ1) is 22.2. The average molecular weight is 506 g/mol. The molecule has 6 nitrogen and oxygen atoms in total. The number of carbonyl (C=O) groups is 1. The molecule has 1 aromatic carbocycles. The molecule has 2 aliphatic rings. The van der Waals surface area contributed by atoms with Crippen LogP contribution < -0.4 is 5.32 Å². The molecule has 0 radical (unpaired) electrons. The Morgan fingerprint density at radius 2 is 1.85 bits per heavy atom. The summed E-state index contributed by atoms with van der Waals surface area (Å²) in [5.41, 5.74) is 0.966. The van der Waals surface area contributed by atoms with Gasteiger partial charge in [-0.05, 0) is 37.2 Å². The fourth-order valence-corrected chi connectivity index (χ4v) is 3.58. The highest BCUT2D eigenvalue weighted by Gasteiger charge is 2.23. The van der Waals surface area contributed by atoms with Gasteiger partial charge in [-0.1, -0.05) is 23.7 Å². The molecule has 0 unspecified atom stereocenters. The van der Waals surface area contributed by atoms with E-state index < -0.39 is 0 Å². The third kappa shape index (κ3) is 6.50. The Bertz CT molecular complexity index is 645. The summed E-state index contributed by atoms with van der Waals surface area (Å²) in [5.74, 6) is 1.10. The van der Waals surface area contributed by atoms with Crippen LogP contribution >= 0.6 is 35.6 Å². The zero-order chi connectivity index (χ0) is 18.4. The van der Waals surface area contributed by atoms with Crippen LogP contribution in [0.2, 0.25) is 5.02 Å². The molecule has 0 atom stereocenters. The highest BCUT2D eigenvalue weighted by Crippen LogP contribution is 2.13. The summed E-state index contributed by atoms with van der Waals surface area (Å²) in [6, 6.07) is 7.52. The lowest BCUT2D eigenvalue weighted by Gasteiger charge is -2.37. The molecule has 0 aliphatic carbocycles. The van der Waals surface area contributed by atoms with Crippen LogP contribution in [0.3, 0.4) is 0 Å². The third-order valence-electron chi connectivity index (χ3n) is 5.05. The van der Waals surface area contributed by atoms with Gasteiger partial charge in [-0.3, -0.25) is 9.79 Å². The van der Waals surface area contributed by atoms with E-state index in [0.717, 1.165) is 50.8 Å². The Hall–Kier alpha value is -1.06. The second-order valence-electron chi connectivity index (χ2n) is 6.84. The van der Waals surface area contributed by atoms with Gasteiger partial charge in [0.25, 0.3) is 0 Å². The smallest absolute Gasteiger partial charge is 0.227 e. The predicted octanol–water partition coefficient (Wildman–Crippen LogP) is 1.93. The van der Waals surface area contributed by atoms with Crippen LogP contribution in [-0.4, -0.2) is 86.0 Å². The van der Waals surface area contributed by atoms with E-state index in [0.29, 0.717) is 11.4 Å². The summed E-state index contributed by atoms with van der Waals surface area (Å²) in [5, 5.41) is 4.12. The zero-order valence-electron chi connectivity index (χ0n) is 15.9.